The molecule has 0 amide bonds. The quantitative estimate of drug-likeness (QED) is 0.517. The molecule has 0 radical (unpaired) electrons. The number of carboxylic acids is 2. The molecule has 0 bridgehead atoms. The Morgan fingerprint density at radius 2 is 1.93 bits per heavy atom. The molecule has 1 fully saturated rings. The van der Waals surface area contributed by atoms with Gasteiger partial charge in [-0.05, 0) is 0 Å². The van der Waals surface area contributed by atoms with Gasteiger partial charge < -0.3 is 15.9 Å². The van der Waals surface area contributed by atoms with Gasteiger partial charge >= 0.3 is 11.9 Å². The zero-order chi connectivity index (χ0) is 10.7. The van der Waals surface area contributed by atoms with Gasteiger partial charge in [0.15, 0.2) is 0 Å². The van der Waals surface area contributed by atoms with Gasteiger partial charge in [0.25, 0.3) is 0 Å². The topological polar surface area (TPSA) is 101 Å². The van der Waals surface area contributed by atoms with Crippen molar-refractivity contribution in [2.75, 3.05) is 0 Å². The highest BCUT2D eigenvalue weighted by Crippen LogP contribution is 2.63. The van der Waals surface area contributed by atoms with E-state index in [1.54, 1.807) is 0 Å². The Morgan fingerprint density at radius 1 is 1.36 bits per heavy atom. The molecule has 0 spiro atoms. The number of hydrogen-bond donors (Lipinski definition) is 3. The number of carbonyl (C=O) groups is 2. The lowest BCUT2D eigenvalue weighted by Crippen LogP contribution is -2.50. The lowest BCUT2D eigenvalue weighted by molar-refractivity contribution is -0.147. The van der Waals surface area contributed by atoms with E-state index in [9.17, 15) is 14.0 Å². The molecule has 14 heavy (non-hydrogen) atoms. The van der Waals surface area contributed by atoms with E-state index in [-0.39, 0.29) is 0 Å². The zero-order valence-corrected chi connectivity index (χ0v) is 6.98. The average molecular weight is 201 g/mol. The Balaban J connectivity index is 2.37. The van der Waals surface area contributed by atoms with Crippen LogP contribution in [0, 0.1) is 11.8 Å². The molecule has 2 rings (SSSR count). The fourth-order valence-corrected chi connectivity index (χ4v) is 2.12. The average Bonchev–Trinajstić information content (AvgIpc) is 2.50. The Hall–Kier alpha value is -1.43. The lowest BCUT2D eigenvalue weighted by Gasteiger charge is -2.19. The van der Waals surface area contributed by atoms with Gasteiger partial charge in [-0.1, -0.05) is 12.2 Å². The van der Waals surface area contributed by atoms with Crippen LogP contribution in [0.25, 0.3) is 0 Å². The van der Waals surface area contributed by atoms with Gasteiger partial charge in [-0.25, -0.2) is 14.0 Å². The lowest BCUT2D eigenvalue weighted by atomic mass is 9.94. The summed E-state index contributed by atoms with van der Waals surface area (Å²) in [6.07, 6.45) is 2.39. The van der Waals surface area contributed by atoms with Crippen LogP contribution in [-0.4, -0.2) is 33.4 Å². The molecule has 0 aromatic carbocycles. The summed E-state index contributed by atoms with van der Waals surface area (Å²) in [7, 11) is 0. The van der Waals surface area contributed by atoms with Gasteiger partial charge in [-0.3, -0.25) is 0 Å². The van der Waals surface area contributed by atoms with Crippen molar-refractivity contribution in [2.45, 2.75) is 11.2 Å². The third kappa shape index (κ3) is 0.724. The van der Waals surface area contributed by atoms with Gasteiger partial charge in [-0.15, -0.1) is 0 Å². The molecule has 0 heterocycles. The van der Waals surface area contributed by atoms with E-state index >= 15 is 0 Å². The third-order valence-corrected chi connectivity index (χ3v) is 2.98. The minimum absolute atomic E-state index is 0.902. The number of carboxylic acid groups (broad SMARTS) is 2. The Kier molecular flexibility index (Phi) is 1.40. The van der Waals surface area contributed by atoms with Crippen LogP contribution in [0.15, 0.2) is 12.2 Å². The molecule has 4 unspecified atom stereocenters. The van der Waals surface area contributed by atoms with E-state index in [4.69, 9.17) is 15.9 Å². The van der Waals surface area contributed by atoms with Crippen molar-refractivity contribution in [1.82, 2.24) is 0 Å². The van der Waals surface area contributed by atoms with Gasteiger partial charge in [-0.2, -0.15) is 0 Å². The van der Waals surface area contributed by atoms with Gasteiger partial charge in [0.05, 0.1) is 0 Å². The Bertz CT molecular complexity index is 368. The summed E-state index contributed by atoms with van der Waals surface area (Å²) >= 11 is 0. The SMILES string of the molecule is NC1(C(=O)O)C=CC2C1C2(F)C(=O)O. The van der Waals surface area contributed by atoms with Crippen molar-refractivity contribution in [2.24, 2.45) is 17.6 Å². The second kappa shape index (κ2) is 2.14. The summed E-state index contributed by atoms with van der Waals surface area (Å²) < 4.78 is 13.6. The first kappa shape index (κ1) is 9.14. The summed E-state index contributed by atoms with van der Waals surface area (Å²) in [6, 6.07) is 0. The predicted molar refractivity (Wildman–Crippen MR) is 42.1 cm³/mol. The van der Waals surface area contributed by atoms with Crippen LogP contribution in [0.4, 0.5) is 4.39 Å². The molecule has 5 nitrogen and oxygen atoms in total. The highest BCUT2D eigenvalue weighted by molar-refractivity contribution is 5.92. The van der Waals surface area contributed by atoms with Crippen molar-refractivity contribution in [1.29, 1.82) is 0 Å². The van der Waals surface area contributed by atoms with E-state index in [0.717, 1.165) is 6.08 Å². The number of fused-ring (bicyclic) bond motifs is 1. The van der Waals surface area contributed by atoms with E-state index in [0.29, 0.717) is 0 Å². The van der Waals surface area contributed by atoms with Crippen LogP contribution in [0.3, 0.4) is 0 Å². The molecule has 76 valence electrons. The Labute approximate surface area is 78.0 Å². The molecule has 2 aliphatic rings. The summed E-state index contributed by atoms with van der Waals surface area (Å²) in [5.74, 6) is -5.12. The highest BCUT2D eigenvalue weighted by Gasteiger charge is 2.80. The van der Waals surface area contributed by atoms with Crippen molar-refractivity contribution in [3.8, 4) is 0 Å². The van der Waals surface area contributed by atoms with E-state index in [2.05, 4.69) is 0 Å². The minimum atomic E-state index is -2.50. The number of rotatable bonds is 2. The molecule has 0 aromatic rings. The molecule has 2 aliphatic carbocycles. The molecule has 6 heteroatoms. The van der Waals surface area contributed by atoms with Crippen LogP contribution in [-0.2, 0) is 9.59 Å². The van der Waals surface area contributed by atoms with E-state index < -0.39 is 35.0 Å². The fourth-order valence-electron chi connectivity index (χ4n) is 2.12. The maximum absolute atomic E-state index is 13.6. The van der Waals surface area contributed by atoms with Crippen molar-refractivity contribution < 1.29 is 24.2 Å². The molecular formula is C8H8FNO4. The summed E-state index contributed by atoms with van der Waals surface area (Å²) in [6.45, 7) is 0. The highest BCUT2D eigenvalue weighted by atomic mass is 19.1. The first-order valence-corrected chi connectivity index (χ1v) is 3.99. The van der Waals surface area contributed by atoms with Crippen molar-refractivity contribution in [3.05, 3.63) is 12.2 Å². The molecule has 4 N–H and O–H groups in total. The second-order valence-corrected chi connectivity index (χ2v) is 3.67. The molecule has 1 saturated carbocycles. The maximum atomic E-state index is 13.6. The number of alkyl halides is 1. The smallest absolute Gasteiger partial charge is 0.342 e. The standard InChI is InChI=1S/C8H8FNO4/c9-8(6(13)14)3-1-2-7(10,4(3)8)5(11)12/h1-4H,10H2,(H,11,12)(H,13,14). The molecular weight excluding hydrogens is 193 g/mol. The molecule has 0 aliphatic heterocycles. The number of hydrogen-bond acceptors (Lipinski definition) is 3. The normalized spacial score (nSPS) is 48.7. The first-order valence-electron chi connectivity index (χ1n) is 3.99. The fraction of sp³-hybridized carbons (Fsp3) is 0.500. The van der Waals surface area contributed by atoms with E-state index in [1.807, 2.05) is 0 Å². The van der Waals surface area contributed by atoms with Crippen molar-refractivity contribution >= 4 is 11.9 Å². The van der Waals surface area contributed by atoms with Crippen LogP contribution in [0.1, 0.15) is 0 Å². The van der Waals surface area contributed by atoms with Crippen LogP contribution in [0.5, 0.6) is 0 Å². The summed E-state index contributed by atoms with van der Waals surface area (Å²) in [4.78, 5) is 21.3. The van der Waals surface area contributed by atoms with Gasteiger partial charge in [0.2, 0.25) is 5.67 Å². The molecule has 0 saturated heterocycles. The van der Waals surface area contributed by atoms with Gasteiger partial charge in [0.1, 0.15) is 5.54 Å². The number of nitrogens with two attached hydrogens (primary N) is 1. The first-order chi connectivity index (χ1) is 6.35. The van der Waals surface area contributed by atoms with Crippen LogP contribution < -0.4 is 5.73 Å². The monoisotopic (exact) mass is 201 g/mol. The van der Waals surface area contributed by atoms with Crippen LogP contribution >= 0.6 is 0 Å². The summed E-state index contributed by atoms with van der Waals surface area (Å²) in [5.41, 5.74) is 1.04. The molecule has 4 atom stereocenters. The predicted octanol–water partition coefficient (Wildman–Crippen LogP) is -0.623. The van der Waals surface area contributed by atoms with E-state index in [1.165, 1.54) is 6.08 Å². The molecule has 0 aromatic heterocycles. The minimum Gasteiger partial charge on any atom is -0.480 e. The Morgan fingerprint density at radius 3 is 2.29 bits per heavy atom. The maximum Gasteiger partial charge on any atom is 0.342 e. The van der Waals surface area contributed by atoms with Gasteiger partial charge in [0, 0.05) is 11.8 Å². The largest absolute Gasteiger partial charge is 0.480 e. The summed E-state index contributed by atoms with van der Waals surface area (Å²) in [5, 5.41) is 17.3. The number of allylic oxidation sites excluding steroid dienone is 1. The van der Waals surface area contributed by atoms with Crippen molar-refractivity contribution in [3.63, 3.8) is 0 Å². The number of aliphatic carboxylic acids is 2. The number of halogens is 1. The third-order valence-electron chi connectivity index (χ3n) is 2.98. The second-order valence-electron chi connectivity index (χ2n) is 3.67. The zero-order valence-electron chi connectivity index (χ0n) is 6.98. The van der Waals surface area contributed by atoms with Crippen LogP contribution in [0.2, 0.25) is 0 Å².